The molecule has 0 aromatic heterocycles. The molecule has 0 saturated heterocycles. The number of rotatable bonds is 2. The van der Waals surface area contributed by atoms with Gasteiger partial charge < -0.3 is 5.11 Å². The van der Waals surface area contributed by atoms with Crippen LogP contribution in [0.5, 0.6) is 0 Å². The SMILES string of the molecule is CC1(C)[C@H]2CC[C@H](/C=C(\C#N)C(=O)O)[C@H]1C2. The van der Waals surface area contributed by atoms with E-state index in [9.17, 15) is 4.79 Å². The molecule has 3 aliphatic carbocycles. The first-order valence-corrected chi connectivity index (χ1v) is 5.82. The lowest BCUT2D eigenvalue weighted by molar-refractivity contribution is -0.132. The van der Waals surface area contributed by atoms with Crippen molar-refractivity contribution in [2.75, 3.05) is 0 Å². The van der Waals surface area contributed by atoms with E-state index >= 15 is 0 Å². The molecule has 3 saturated carbocycles. The van der Waals surface area contributed by atoms with Crippen LogP contribution in [-0.2, 0) is 4.79 Å². The van der Waals surface area contributed by atoms with E-state index in [2.05, 4.69) is 13.8 Å². The summed E-state index contributed by atoms with van der Waals surface area (Å²) in [5, 5.41) is 17.6. The molecule has 2 bridgehead atoms. The predicted molar refractivity (Wildman–Crippen MR) is 59.4 cm³/mol. The molecule has 0 aromatic rings. The Labute approximate surface area is 95.8 Å². The number of aliphatic carboxylic acids is 1. The third-order valence-electron chi connectivity index (χ3n) is 4.64. The Morgan fingerprint density at radius 1 is 1.50 bits per heavy atom. The van der Waals surface area contributed by atoms with Crippen LogP contribution in [0.2, 0.25) is 0 Å². The van der Waals surface area contributed by atoms with Gasteiger partial charge in [-0.15, -0.1) is 0 Å². The molecule has 3 aliphatic rings. The minimum Gasteiger partial charge on any atom is -0.477 e. The summed E-state index contributed by atoms with van der Waals surface area (Å²) in [7, 11) is 0. The average Bonchev–Trinajstić information content (AvgIpc) is 2.25. The number of fused-ring (bicyclic) bond motifs is 2. The van der Waals surface area contributed by atoms with E-state index < -0.39 is 5.97 Å². The third kappa shape index (κ3) is 1.53. The minimum atomic E-state index is -1.10. The first kappa shape index (κ1) is 11.2. The Morgan fingerprint density at radius 3 is 2.62 bits per heavy atom. The van der Waals surface area contributed by atoms with Gasteiger partial charge in [0.25, 0.3) is 0 Å². The van der Waals surface area contributed by atoms with Gasteiger partial charge in [-0.05, 0) is 42.4 Å². The predicted octanol–water partition coefficient (Wildman–Crippen LogP) is 2.59. The van der Waals surface area contributed by atoms with Gasteiger partial charge in [0.05, 0.1) is 0 Å². The molecule has 16 heavy (non-hydrogen) atoms. The minimum absolute atomic E-state index is 0.0915. The lowest BCUT2D eigenvalue weighted by Crippen LogP contribution is -2.51. The second-order valence-corrected chi connectivity index (χ2v) is 5.60. The summed E-state index contributed by atoms with van der Waals surface area (Å²) in [6, 6.07) is 1.78. The molecule has 0 radical (unpaired) electrons. The summed E-state index contributed by atoms with van der Waals surface area (Å²) in [5.74, 6) is 0.555. The van der Waals surface area contributed by atoms with E-state index in [-0.39, 0.29) is 11.5 Å². The van der Waals surface area contributed by atoms with Crippen LogP contribution >= 0.6 is 0 Å². The number of nitrogens with zero attached hydrogens (tertiary/aromatic N) is 1. The van der Waals surface area contributed by atoms with Crippen LogP contribution in [0.1, 0.15) is 33.1 Å². The zero-order chi connectivity index (χ0) is 11.9. The zero-order valence-electron chi connectivity index (χ0n) is 9.73. The Bertz CT molecular complexity index is 387. The van der Waals surface area contributed by atoms with E-state index in [1.54, 1.807) is 12.1 Å². The molecule has 3 rings (SSSR count). The van der Waals surface area contributed by atoms with Crippen molar-refractivity contribution in [1.29, 1.82) is 5.26 Å². The van der Waals surface area contributed by atoms with Gasteiger partial charge in [-0.3, -0.25) is 0 Å². The molecular weight excluding hydrogens is 202 g/mol. The van der Waals surface area contributed by atoms with Crippen molar-refractivity contribution in [2.45, 2.75) is 33.1 Å². The summed E-state index contributed by atoms with van der Waals surface area (Å²) in [5.41, 5.74) is 0.240. The van der Waals surface area contributed by atoms with Crippen molar-refractivity contribution in [3.63, 3.8) is 0 Å². The maximum absolute atomic E-state index is 10.8. The molecular formula is C13H17NO2. The molecule has 86 valence electrons. The van der Waals surface area contributed by atoms with E-state index in [0.717, 1.165) is 12.3 Å². The van der Waals surface area contributed by atoms with Gasteiger partial charge >= 0.3 is 5.97 Å². The molecule has 0 aliphatic heterocycles. The number of carboxylic acid groups (broad SMARTS) is 1. The van der Waals surface area contributed by atoms with Gasteiger partial charge in [0.1, 0.15) is 11.6 Å². The number of hydrogen-bond donors (Lipinski definition) is 1. The molecule has 0 heterocycles. The van der Waals surface area contributed by atoms with Crippen molar-refractivity contribution in [2.24, 2.45) is 23.2 Å². The Kier molecular flexibility index (Phi) is 2.53. The van der Waals surface area contributed by atoms with Gasteiger partial charge in [0, 0.05) is 0 Å². The van der Waals surface area contributed by atoms with Crippen LogP contribution in [0.4, 0.5) is 0 Å². The first-order chi connectivity index (χ1) is 7.46. The van der Waals surface area contributed by atoms with Crippen LogP contribution < -0.4 is 0 Å². The van der Waals surface area contributed by atoms with Crippen LogP contribution in [0, 0.1) is 34.5 Å². The van der Waals surface area contributed by atoms with Gasteiger partial charge in [-0.1, -0.05) is 19.9 Å². The van der Waals surface area contributed by atoms with Gasteiger partial charge in [-0.2, -0.15) is 5.26 Å². The molecule has 0 amide bonds. The Hall–Kier alpha value is -1.30. The highest BCUT2D eigenvalue weighted by Crippen LogP contribution is 2.61. The number of nitriles is 1. The highest BCUT2D eigenvalue weighted by Gasteiger charge is 2.53. The fraction of sp³-hybridized carbons (Fsp3) is 0.692. The van der Waals surface area contributed by atoms with Gasteiger partial charge in [0.15, 0.2) is 0 Å². The maximum atomic E-state index is 10.8. The van der Waals surface area contributed by atoms with E-state index in [1.807, 2.05) is 0 Å². The fourth-order valence-corrected chi connectivity index (χ4v) is 3.44. The van der Waals surface area contributed by atoms with Crippen molar-refractivity contribution in [3.8, 4) is 6.07 Å². The van der Waals surface area contributed by atoms with E-state index in [0.29, 0.717) is 11.3 Å². The van der Waals surface area contributed by atoms with Crippen LogP contribution in [0.25, 0.3) is 0 Å². The normalized spacial score (nSPS) is 36.1. The molecule has 3 atom stereocenters. The quantitative estimate of drug-likeness (QED) is 0.573. The average molecular weight is 219 g/mol. The van der Waals surface area contributed by atoms with E-state index in [1.165, 1.54) is 12.8 Å². The summed E-state index contributed by atoms with van der Waals surface area (Å²) in [6.45, 7) is 4.53. The number of carboxylic acids is 1. The lowest BCUT2D eigenvalue weighted by atomic mass is 9.45. The van der Waals surface area contributed by atoms with Gasteiger partial charge in [0.2, 0.25) is 0 Å². The number of hydrogen-bond acceptors (Lipinski definition) is 2. The van der Waals surface area contributed by atoms with Crippen molar-refractivity contribution in [1.82, 2.24) is 0 Å². The van der Waals surface area contributed by atoms with Crippen molar-refractivity contribution in [3.05, 3.63) is 11.6 Å². The highest BCUT2D eigenvalue weighted by atomic mass is 16.4. The molecule has 3 fully saturated rings. The second kappa shape index (κ2) is 3.62. The summed E-state index contributed by atoms with van der Waals surface area (Å²) in [4.78, 5) is 10.8. The first-order valence-electron chi connectivity index (χ1n) is 5.82. The molecule has 1 N–H and O–H groups in total. The summed E-state index contributed by atoms with van der Waals surface area (Å²) in [6.07, 6.45) is 5.09. The molecule has 0 spiro atoms. The largest absolute Gasteiger partial charge is 0.477 e. The molecule has 0 aromatic carbocycles. The second-order valence-electron chi connectivity index (χ2n) is 5.60. The Balaban J connectivity index is 2.18. The van der Waals surface area contributed by atoms with Gasteiger partial charge in [-0.25, -0.2) is 4.79 Å². The van der Waals surface area contributed by atoms with Crippen molar-refractivity contribution < 1.29 is 9.90 Å². The lowest BCUT2D eigenvalue weighted by Gasteiger charge is -2.59. The summed E-state index contributed by atoms with van der Waals surface area (Å²) < 4.78 is 0. The highest BCUT2D eigenvalue weighted by molar-refractivity contribution is 5.91. The van der Waals surface area contributed by atoms with Crippen LogP contribution in [0.15, 0.2) is 11.6 Å². The Morgan fingerprint density at radius 2 is 2.19 bits per heavy atom. The summed E-state index contributed by atoms with van der Waals surface area (Å²) >= 11 is 0. The topological polar surface area (TPSA) is 61.1 Å². The zero-order valence-corrected chi connectivity index (χ0v) is 9.73. The van der Waals surface area contributed by atoms with E-state index in [4.69, 9.17) is 10.4 Å². The smallest absolute Gasteiger partial charge is 0.346 e. The van der Waals surface area contributed by atoms with Crippen LogP contribution in [0.3, 0.4) is 0 Å². The molecule has 3 heteroatoms. The maximum Gasteiger partial charge on any atom is 0.346 e. The molecule has 0 unspecified atom stereocenters. The number of carbonyl (C=O) groups is 1. The van der Waals surface area contributed by atoms with Crippen LogP contribution in [-0.4, -0.2) is 11.1 Å². The van der Waals surface area contributed by atoms with Crippen molar-refractivity contribution >= 4 is 5.97 Å². The fourth-order valence-electron chi connectivity index (χ4n) is 3.44. The molecule has 3 nitrogen and oxygen atoms in total. The monoisotopic (exact) mass is 219 g/mol. The third-order valence-corrected chi connectivity index (χ3v) is 4.64. The standard InChI is InChI=1S/C13H17NO2/c1-13(2)10-4-3-8(11(13)6-10)5-9(7-14)12(15)16/h5,8,10-11H,3-4,6H2,1-2H3,(H,15,16)/b9-5+/t8-,10+,11-/m1/s1. The number of allylic oxidation sites excluding steroid dienone is 1.